The highest BCUT2D eigenvalue weighted by molar-refractivity contribution is 6.20. The molecule has 3 heteroatoms. The second-order valence-electron chi connectivity index (χ2n) is 8.03. The lowest BCUT2D eigenvalue weighted by molar-refractivity contribution is 0.103. The van der Waals surface area contributed by atoms with Gasteiger partial charge < -0.3 is 10.1 Å². The van der Waals surface area contributed by atoms with Crippen LogP contribution in [0.15, 0.2) is 90.2 Å². The van der Waals surface area contributed by atoms with E-state index in [9.17, 15) is 4.79 Å². The van der Waals surface area contributed by atoms with Crippen molar-refractivity contribution in [1.82, 2.24) is 5.32 Å². The van der Waals surface area contributed by atoms with Gasteiger partial charge in [-0.15, -0.1) is 0 Å². The number of carbonyl (C=O) groups is 1. The lowest BCUT2D eigenvalue weighted by Gasteiger charge is -2.17. The van der Waals surface area contributed by atoms with E-state index >= 15 is 0 Å². The molecule has 1 aliphatic heterocycles. The van der Waals surface area contributed by atoms with Crippen molar-refractivity contribution in [2.45, 2.75) is 39.2 Å². The summed E-state index contributed by atoms with van der Waals surface area (Å²) in [7, 11) is 0. The highest BCUT2D eigenvalue weighted by Crippen LogP contribution is 2.35. The molecule has 3 aromatic rings. The second kappa shape index (κ2) is 9.65. The molecule has 0 aromatic heterocycles. The summed E-state index contributed by atoms with van der Waals surface area (Å²) in [6.45, 7) is 7.41. The van der Waals surface area contributed by atoms with Crippen molar-refractivity contribution in [3.63, 3.8) is 0 Å². The SMILES string of the molecule is C=C1COc2ccc3ccccc3c2C(=O)/C1=C(\CCCCC)NCc1ccccc1. The Morgan fingerprint density at radius 3 is 2.58 bits per heavy atom. The first-order valence-electron chi connectivity index (χ1n) is 11.1. The monoisotopic (exact) mass is 411 g/mol. The normalized spacial score (nSPS) is 15.3. The van der Waals surface area contributed by atoms with Gasteiger partial charge in [-0.2, -0.15) is 0 Å². The van der Waals surface area contributed by atoms with E-state index in [1.54, 1.807) is 0 Å². The Morgan fingerprint density at radius 2 is 1.77 bits per heavy atom. The smallest absolute Gasteiger partial charge is 0.199 e. The fourth-order valence-corrected chi connectivity index (χ4v) is 4.14. The number of nitrogens with one attached hydrogen (secondary N) is 1. The van der Waals surface area contributed by atoms with Crippen molar-refractivity contribution in [2.24, 2.45) is 0 Å². The highest BCUT2D eigenvalue weighted by atomic mass is 16.5. The lowest BCUT2D eigenvalue weighted by atomic mass is 9.91. The number of hydrogen-bond acceptors (Lipinski definition) is 3. The predicted octanol–water partition coefficient (Wildman–Crippen LogP) is 6.60. The molecule has 0 aliphatic carbocycles. The molecule has 3 nitrogen and oxygen atoms in total. The molecule has 0 bridgehead atoms. The van der Waals surface area contributed by atoms with Crippen molar-refractivity contribution < 1.29 is 9.53 Å². The first-order valence-corrected chi connectivity index (χ1v) is 11.1. The van der Waals surface area contributed by atoms with Gasteiger partial charge in [0.1, 0.15) is 12.4 Å². The zero-order chi connectivity index (χ0) is 21.6. The topological polar surface area (TPSA) is 38.3 Å². The fourth-order valence-electron chi connectivity index (χ4n) is 4.14. The Balaban J connectivity index is 1.78. The number of hydrogen-bond donors (Lipinski definition) is 1. The van der Waals surface area contributed by atoms with Crippen LogP contribution < -0.4 is 10.1 Å². The van der Waals surface area contributed by atoms with Gasteiger partial charge in [0.05, 0.1) is 5.56 Å². The van der Waals surface area contributed by atoms with Crippen molar-refractivity contribution >= 4 is 16.6 Å². The molecular formula is C28H29NO2. The van der Waals surface area contributed by atoms with Crippen LogP contribution in [0.5, 0.6) is 5.75 Å². The van der Waals surface area contributed by atoms with Crippen molar-refractivity contribution in [2.75, 3.05) is 6.61 Å². The molecule has 4 rings (SSSR count). The van der Waals surface area contributed by atoms with Crippen LogP contribution in [0.3, 0.4) is 0 Å². The van der Waals surface area contributed by atoms with E-state index in [4.69, 9.17) is 4.74 Å². The van der Waals surface area contributed by atoms with Crippen LogP contribution in [0.25, 0.3) is 10.8 Å². The van der Waals surface area contributed by atoms with E-state index in [0.29, 0.717) is 30.0 Å². The number of allylic oxidation sites excluding steroid dienone is 1. The third kappa shape index (κ3) is 4.56. The average Bonchev–Trinajstić information content (AvgIpc) is 2.93. The third-order valence-electron chi connectivity index (χ3n) is 5.78. The van der Waals surface area contributed by atoms with Crippen LogP contribution in [0, 0.1) is 0 Å². The molecule has 0 saturated carbocycles. The molecule has 0 spiro atoms. The lowest BCUT2D eigenvalue weighted by Crippen LogP contribution is -2.20. The molecule has 0 unspecified atom stereocenters. The van der Waals surface area contributed by atoms with Crippen LogP contribution in [0.4, 0.5) is 0 Å². The van der Waals surface area contributed by atoms with Crippen molar-refractivity contribution in [3.05, 3.63) is 101 Å². The Hall–Kier alpha value is -3.33. The maximum absolute atomic E-state index is 13.9. The molecule has 1 aliphatic rings. The summed E-state index contributed by atoms with van der Waals surface area (Å²) < 4.78 is 6.03. The van der Waals surface area contributed by atoms with E-state index in [-0.39, 0.29) is 5.78 Å². The molecule has 0 amide bonds. The first-order chi connectivity index (χ1) is 15.2. The summed E-state index contributed by atoms with van der Waals surface area (Å²) in [4.78, 5) is 13.9. The summed E-state index contributed by atoms with van der Waals surface area (Å²) in [5, 5.41) is 5.54. The summed E-state index contributed by atoms with van der Waals surface area (Å²) >= 11 is 0. The summed E-state index contributed by atoms with van der Waals surface area (Å²) in [5.41, 5.74) is 4.21. The number of benzene rings is 3. The maximum atomic E-state index is 13.9. The van der Waals surface area contributed by atoms with E-state index < -0.39 is 0 Å². The zero-order valence-electron chi connectivity index (χ0n) is 18.1. The van der Waals surface area contributed by atoms with Gasteiger partial charge in [0.15, 0.2) is 5.78 Å². The third-order valence-corrected chi connectivity index (χ3v) is 5.78. The van der Waals surface area contributed by atoms with Crippen LogP contribution in [0.2, 0.25) is 0 Å². The van der Waals surface area contributed by atoms with Crippen LogP contribution >= 0.6 is 0 Å². The van der Waals surface area contributed by atoms with Gasteiger partial charge in [-0.1, -0.05) is 87.0 Å². The van der Waals surface area contributed by atoms with Gasteiger partial charge in [-0.05, 0) is 40.8 Å². The van der Waals surface area contributed by atoms with Gasteiger partial charge in [0.2, 0.25) is 0 Å². The van der Waals surface area contributed by atoms with Gasteiger partial charge in [0.25, 0.3) is 0 Å². The quantitative estimate of drug-likeness (QED) is 0.352. The Kier molecular flexibility index (Phi) is 6.51. The number of ketones is 1. The highest BCUT2D eigenvalue weighted by Gasteiger charge is 2.28. The number of rotatable bonds is 7. The summed E-state index contributed by atoms with van der Waals surface area (Å²) in [6.07, 6.45) is 4.11. The molecule has 0 radical (unpaired) electrons. The van der Waals surface area contributed by atoms with Crippen LogP contribution in [0.1, 0.15) is 48.5 Å². The van der Waals surface area contributed by atoms with E-state index in [2.05, 4.69) is 31.0 Å². The van der Waals surface area contributed by atoms with E-state index in [0.717, 1.165) is 47.7 Å². The molecule has 0 atom stereocenters. The number of Topliss-reactive ketones (excluding diaryl/α,β-unsaturated/α-hetero) is 1. The molecule has 1 heterocycles. The summed E-state index contributed by atoms with van der Waals surface area (Å²) in [5.74, 6) is 0.636. The molecular weight excluding hydrogens is 382 g/mol. The molecule has 0 fully saturated rings. The molecule has 0 saturated heterocycles. The fraction of sp³-hybridized carbons (Fsp3) is 0.250. The molecule has 158 valence electrons. The van der Waals surface area contributed by atoms with Crippen LogP contribution in [-0.2, 0) is 6.54 Å². The Morgan fingerprint density at radius 1 is 1.00 bits per heavy atom. The predicted molar refractivity (Wildman–Crippen MR) is 127 cm³/mol. The summed E-state index contributed by atoms with van der Waals surface area (Å²) in [6, 6.07) is 22.2. The minimum atomic E-state index is 0.00126. The Labute approximate surface area is 184 Å². The van der Waals surface area contributed by atoms with Crippen molar-refractivity contribution in [3.8, 4) is 5.75 Å². The second-order valence-corrected chi connectivity index (χ2v) is 8.03. The number of fused-ring (bicyclic) bond motifs is 3. The number of ether oxygens (including phenoxy) is 1. The maximum Gasteiger partial charge on any atom is 0.199 e. The average molecular weight is 412 g/mol. The standard InChI is InChI=1S/C28H29NO2/c1-3-4-6-15-24(29-18-21-11-7-5-8-12-21)26-20(2)19-31-25-17-16-22-13-9-10-14-23(22)27(25)28(26)30/h5,7-14,16-17,29H,2-4,6,15,18-19H2,1H3/b26-24+. The zero-order valence-corrected chi connectivity index (χ0v) is 18.1. The van der Waals surface area contributed by atoms with Crippen molar-refractivity contribution in [1.29, 1.82) is 0 Å². The minimum Gasteiger partial charge on any atom is -0.488 e. The Bertz CT molecular complexity index is 1130. The molecule has 31 heavy (non-hydrogen) atoms. The van der Waals surface area contributed by atoms with Crippen LogP contribution in [-0.4, -0.2) is 12.4 Å². The van der Waals surface area contributed by atoms with Gasteiger partial charge in [-0.25, -0.2) is 0 Å². The van der Waals surface area contributed by atoms with Gasteiger partial charge in [-0.3, -0.25) is 4.79 Å². The van der Waals surface area contributed by atoms with Gasteiger partial charge >= 0.3 is 0 Å². The van der Waals surface area contributed by atoms with E-state index in [1.807, 2.05) is 54.6 Å². The number of unbranched alkanes of at least 4 members (excludes halogenated alkanes) is 2. The number of carbonyl (C=O) groups excluding carboxylic acids is 1. The van der Waals surface area contributed by atoms with Gasteiger partial charge in [0, 0.05) is 17.8 Å². The van der Waals surface area contributed by atoms with E-state index in [1.165, 1.54) is 5.56 Å². The minimum absolute atomic E-state index is 0.00126. The molecule has 3 aromatic carbocycles. The first kappa shape index (κ1) is 20.9. The molecule has 1 N–H and O–H groups in total. The largest absolute Gasteiger partial charge is 0.488 e.